The smallest absolute Gasteiger partial charge is 0.401 e. The third kappa shape index (κ3) is 4.42. The van der Waals surface area contributed by atoms with Crippen molar-refractivity contribution in [2.24, 2.45) is 10.9 Å². The molecule has 0 radical (unpaired) electrons. The van der Waals surface area contributed by atoms with Crippen LogP contribution >= 0.6 is 11.6 Å². The number of nitrogens with one attached hydrogen (secondary N) is 1. The number of oxime groups is 1. The van der Waals surface area contributed by atoms with E-state index in [-0.39, 0.29) is 17.4 Å². The molecule has 0 amide bonds. The van der Waals surface area contributed by atoms with E-state index in [9.17, 15) is 13.2 Å². The summed E-state index contributed by atoms with van der Waals surface area (Å²) in [5.41, 5.74) is 6.23. The molecule has 0 unspecified atom stereocenters. The van der Waals surface area contributed by atoms with Crippen LogP contribution in [0.2, 0.25) is 5.02 Å². The van der Waals surface area contributed by atoms with Crippen LogP contribution in [0.1, 0.15) is 11.1 Å². The lowest BCUT2D eigenvalue weighted by Gasteiger charge is -2.10. The summed E-state index contributed by atoms with van der Waals surface area (Å²) in [6.45, 7) is -1.11. The predicted octanol–water partition coefficient (Wildman–Crippen LogP) is 2.09. The highest BCUT2D eigenvalue weighted by Crippen LogP contribution is 2.18. The molecule has 0 saturated heterocycles. The van der Waals surface area contributed by atoms with Gasteiger partial charge in [0.15, 0.2) is 5.84 Å². The lowest BCUT2D eigenvalue weighted by molar-refractivity contribution is -0.125. The molecular weight excluding hydrogens is 271 g/mol. The van der Waals surface area contributed by atoms with Crippen LogP contribution in [-0.4, -0.2) is 23.8 Å². The Kier molecular flexibility index (Phi) is 4.80. The summed E-state index contributed by atoms with van der Waals surface area (Å²) in [4.78, 5) is 0. The van der Waals surface area contributed by atoms with Crippen molar-refractivity contribution >= 4 is 17.4 Å². The second-order valence-corrected chi connectivity index (χ2v) is 3.92. The highest BCUT2D eigenvalue weighted by Gasteiger charge is 2.26. The van der Waals surface area contributed by atoms with Crippen molar-refractivity contribution < 1.29 is 18.4 Å². The summed E-state index contributed by atoms with van der Waals surface area (Å²) in [6, 6.07) is 4.44. The highest BCUT2D eigenvalue weighted by atomic mass is 35.5. The zero-order chi connectivity index (χ0) is 13.8. The topological polar surface area (TPSA) is 70.6 Å². The molecule has 1 aromatic rings. The van der Waals surface area contributed by atoms with Gasteiger partial charge in [0.1, 0.15) is 0 Å². The van der Waals surface area contributed by atoms with Crippen molar-refractivity contribution in [3.63, 3.8) is 0 Å². The van der Waals surface area contributed by atoms with E-state index in [0.29, 0.717) is 11.1 Å². The van der Waals surface area contributed by atoms with E-state index in [1.807, 2.05) is 0 Å². The van der Waals surface area contributed by atoms with Gasteiger partial charge in [0.05, 0.1) is 6.54 Å². The van der Waals surface area contributed by atoms with Crippen LogP contribution in [0.15, 0.2) is 23.4 Å². The third-order valence-corrected chi connectivity index (χ3v) is 2.45. The molecule has 0 heterocycles. The molecule has 18 heavy (non-hydrogen) atoms. The molecular formula is C10H11ClF3N3O. The summed E-state index contributed by atoms with van der Waals surface area (Å²) in [5.74, 6) is -0.119. The molecule has 0 bridgehead atoms. The monoisotopic (exact) mass is 281 g/mol. The molecule has 0 aromatic heterocycles. The van der Waals surface area contributed by atoms with Crippen LogP contribution in [0.25, 0.3) is 0 Å². The molecule has 0 aliphatic heterocycles. The van der Waals surface area contributed by atoms with Crippen LogP contribution in [0.3, 0.4) is 0 Å². The standard InChI is InChI=1S/C10H11ClF3N3O/c11-8-3-6(9(15)17-18)1-2-7(8)4-16-5-10(12,13)14/h1-3,16,18H,4-5H2,(H2,15,17). The van der Waals surface area contributed by atoms with Gasteiger partial charge in [-0.2, -0.15) is 13.2 Å². The number of hydrogen-bond donors (Lipinski definition) is 3. The molecule has 0 atom stereocenters. The minimum absolute atomic E-state index is 0.0191. The SMILES string of the molecule is N/C(=N/O)c1ccc(CNCC(F)(F)F)c(Cl)c1. The average molecular weight is 282 g/mol. The number of hydrogen-bond acceptors (Lipinski definition) is 3. The van der Waals surface area contributed by atoms with Gasteiger partial charge in [0.25, 0.3) is 0 Å². The Morgan fingerprint density at radius 3 is 2.61 bits per heavy atom. The quantitative estimate of drug-likeness (QED) is 0.342. The predicted molar refractivity (Wildman–Crippen MR) is 61.7 cm³/mol. The summed E-state index contributed by atoms with van der Waals surface area (Å²) in [6.07, 6.45) is -4.26. The van der Waals surface area contributed by atoms with Gasteiger partial charge in [-0.05, 0) is 11.6 Å². The molecule has 0 spiro atoms. The summed E-state index contributed by atoms with van der Waals surface area (Å²) in [5, 5.41) is 13.7. The van der Waals surface area contributed by atoms with Crippen LogP contribution in [-0.2, 0) is 6.54 Å². The molecule has 0 aliphatic carbocycles. The Morgan fingerprint density at radius 2 is 2.11 bits per heavy atom. The van der Waals surface area contributed by atoms with Crippen LogP contribution < -0.4 is 11.1 Å². The van der Waals surface area contributed by atoms with Crippen molar-refractivity contribution in [3.8, 4) is 0 Å². The van der Waals surface area contributed by atoms with Gasteiger partial charge in [0, 0.05) is 17.1 Å². The normalized spacial score (nSPS) is 12.8. The van der Waals surface area contributed by atoms with Crippen molar-refractivity contribution in [1.82, 2.24) is 5.32 Å². The van der Waals surface area contributed by atoms with Crippen molar-refractivity contribution in [3.05, 3.63) is 34.3 Å². The van der Waals surface area contributed by atoms with Crippen LogP contribution in [0.4, 0.5) is 13.2 Å². The second kappa shape index (κ2) is 5.92. The van der Waals surface area contributed by atoms with E-state index >= 15 is 0 Å². The molecule has 0 aliphatic rings. The number of benzene rings is 1. The summed E-state index contributed by atoms with van der Waals surface area (Å²) >= 11 is 5.87. The first kappa shape index (κ1) is 14.6. The van der Waals surface area contributed by atoms with Crippen LogP contribution in [0.5, 0.6) is 0 Å². The maximum absolute atomic E-state index is 11.9. The molecule has 8 heteroatoms. The lowest BCUT2D eigenvalue weighted by atomic mass is 10.1. The minimum Gasteiger partial charge on any atom is -0.409 e. The highest BCUT2D eigenvalue weighted by molar-refractivity contribution is 6.31. The fourth-order valence-corrected chi connectivity index (χ4v) is 1.49. The lowest BCUT2D eigenvalue weighted by Crippen LogP contribution is -2.28. The number of halogens is 4. The Labute approximate surface area is 106 Å². The number of nitrogens with two attached hydrogens (primary N) is 1. The Bertz CT molecular complexity index is 448. The number of nitrogens with zero attached hydrogens (tertiary/aromatic N) is 1. The molecule has 4 nitrogen and oxygen atoms in total. The van der Waals surface area contributed by atoms with E-state index in [1.165, 1.54) is 18.2 Å². The van der Waals surface area contributed by atoms with Crippen molar-refractivity contribution in [1.29, 1.82) is 0 Å². The molecule has 100 valence electrons. The van der Waals surface area contributed by atoms with E-state index < -0.39 is 12.7 Å². The van der Waals surface area contributed by atoms with Gasteiger partial charge in [-0.3, -0.25) is 0 Å². The van der Waals surface area contributed by atoms with E-state index in [2.05, 4.69) is 10.5 Å². The Morgan fingerprint density at radius 1 is 1.44 bits per heavy atom. The van der Waals surface area contributed by atoms with E-state index in [4.69, 9.17) is 22.5 Å². The average Bonchev–Trinajstić information content (AvgIpc) is 2.28. The van der Waals surface area contributed by atoms with Gasteiger partial charge in [-0.1, -0.05) is 28.9 Å². The second-order valence-electron chi connectivity index (χ2n) is 3.51. The summed E-state index contributed by atoms with van der Waals surface area (Å²) in [7, 11) is 0. The minimum atomic E-state index is -4.26. The molecule has 4 N–H and O–H groups in total. The largest absolute Gasteiger partial charge is 0.409 e. The Hall–Kier alpha value is -1.47. The maximum atomic E-state index is 11.9. The van der Waals surface area contributed by atoms with Gasteiger partial charge in [0.2, 0.25) is 0 Å². The van der Waals surface area contributed by atoms with Crippen molar-refractivity contribution in [2.75, 3.05) is 6.54 Å². The van der Waals surface area contributed by atoms with E-state index in [1.54, 1.807) is 0 Å². The maximum Gasteiger partial charge on any atom is 0.401 e. The first-order valence-electron chi connectivity index (χ1n) is 4.87. The number of amidine groups is 1. The van der Waals surface area contributed by atoms with Gasteiger partial charge in [-0.25, -0.2) is 0 Å². The van der Waals surface area contributed by atoms with Crippen LogP contribution in [0, 0.1) is 0 Å². The zero-order valence-electron chi connectivity index (χ0n) is 9.13. The summed E-state index contributed by atoms with van der Waals surface area (Å²) < 4.78 is 35.8. The fourth-order valence-electron chi connectivity index (χ4n) is 1.25. The molecule has 1 rings (SSSR count). The Balaban J connectivity index is 2.69. The molecule has 0 fully saturated rings. The third-order valence-electron chi connectivity index (χ3n) is 2.10. The zero-order valence-corrected chi connectivity index (χ0v) is 9.89. The van der Waals surface area contributed by atoms with Crippen molar-refractivity contribution in [2.45, 2.75) is 12.7 Å². The van der Waals surface area contributed by atoms with Gasteiger partial charge in [-0.15, -0.1) is 0 Å². The van der Waals surface area contributed by atoms with Gasteiger partial charge >= 0.3 is 6.18 Å². The fraction of sp³-hybridized carbons (Fsp3) is 0.300. The molecule has 0 saturated carbocycles. The first-order chi connectivity index (χ1) is 8.33. The number of alkyl halides is 3. The number of rotatable bonds is 4. The molecule has 1 aromatic carbocycles. The van der Waals surface area contributed by atoms with Gasteiger partial charge < -0.3 is 16.3 Å². The first-order valence-corrected chi connectivity index (χ1v) is 5.25. The van der Waals surface area contributed by atoms with E-state index in [0.717, 1.165) is 0 Å².